The molecule has 18 heavy (non-hydrogen) atoms. The van der Waals surface area contributed by atoms with Gasteiger partial charge in [0, 0.05) is 11.1 Å². The highest BCUT2D eigenvalue weighted by atomic mass is 16.3. The number of hydrogen-bond donors (Lipinski definition) is 4. The van der Waals surface area contributed by atoms with Gasteiger partial charge in [-0.05, 0) is 23.3 Å². The van der Waals surface area contributed by atoms with Crippen LogP contribution in [-0.4, -0.2) is 20.4 Å². The lowest BCUT2D eigenvalue weighted by atomic mass is 9.81. The van der Waals surface area contributed by atoms with Gasteiger partial charge in [-0.25, -0.2) is 0 Å². The van der Waals surface area contributed by atoms with E-state index in [0.717, 1.165) is 0 Å². The third-order valence-electron chi connectivity index (χ3n) is 3.34. The van der Waals surface area contributed by atoms with E-state index in [1.165, 1.54) is 12.1 Å². The molecule has 4 heteroatoms. The lowest BCUT2D eigenvalue weighted by molar-refractivity contribution is 0.0155. The molecule has 2 atom stereocenters. The minimum absolute atomic E-state index is 0.0267. The Bertz CT molecular complexity index is 566. The van der Waals surface area contributed by atoms with Crippen LogP contribution in [-0.2, 0) is 0 Å². The second-order valence-electron chi connectivity index (χ2n) is 4.37. The molecule has 2 unspecified atom stereocenters. The summed E-state index contributed by atoms with van der Waals surface area (Å²) in [5.41, 5.74) is 1.58. The average Bonchev–Trinajstić information content (AvgIpc) is 2.36. The number of benzene rings is 2. The number of rotatable bonds is 0. The molecule has 0 amide bonds. The first-order valence-corrected chi connectivity index (χ1v) is 5.61. The van der Waals surface area contributed by atoms with Crippen LogP contribution in [0.25, 0.3) is 11.1 Å². The first-order valence-electron chi connectivity index (χ1n) is 5.61. The highest BCUT2D eigenvalue weighted by Crippen LogP contribution is 2.50. The second-order valence-corrected chi connectivity index (χ2v) is 4.37. The van der Waals surface area contributed by atoms with Crippen molar-refractivity contribution < 1.29 is 20.4 Å². The van der Waals surface area contributed by atoms with E-state index in [0.29, 0.717) is 22.3 Å². The van der Waals surface area contributed by atoms with Gasteiger partial charge in [0.05, 0.1) is 0 Å². The molecule has 1 aliphatic rings. The van der Waals surface area contributed by atoms with E-state index >= 15 is 0 Å². The summed E-state index contributed by atoms with van der Waals surface area (Å²) in [6.45, 7) is 0. The normalized spacial score (nSPS) is 21.2. The maximum Gasteiger partial charge on any atom is 0.123 e. The Hall–Kier alpha value is -2.04. The molecule has 0 fully saturated rings. The summed E-state index contributed by atoms with van der Waals surface area (Å²) >= 11 is 0. The molecule has 1 aliphatic carbocycles. The van der Waals surface area contributed by atoms with Gasteiger partial charge in [-0.3, -0.25) is 0 Å². The molecule has 0 heterocycles. The molecule has 2 aromatic carbocycles. The van der Waals surface area contributed by atoms with Crippen molar-refractivity contribution in [1.29, 1.82) is 0 Å². The van der Waals surface area contributed by atoms with E-state index in [4.69, 9.17) is 0 Å². The van der Waals surface area contributed by atoms with Gasteiger partial charge in [0.25, 0.3) is 0 Å². The van der Waals surface area contributed by atoms with Gasteiger partial charge >= 0.3 is 0 Å². The maximum atomic E-state index is 10.0. The Morgan fingerprint density at radius 3 is 1.44 bits per heavy atom. The van der Waals surface area contributed by atoms with Gasteiger partial charge in [-0.2, -0.15) is 0 Å². The SMILES string of the molecule is Oc1cccc2c1-c1c(O)cccc1C(O)C2O. The Morgan fingerprint density at radius 2 is 1.06 bits per heavy atom. The second kappa shape index (κ2) is 3.73. The average molecular weight is 244 g/mol. The summed E-state index contributed by atoms with van der Waals surface area (Å²) < 4.78 is 0. The number of aromatic hydroxyl groups is 2. The van der Waals surface area contributed by atoms with Gasteiger partial charge in [0.2, 0.25) is 0 Å². The summed E-state index contributed by atoms with van der Waals surface area (Å²) in [5.74, 6) is -0.0533. The van der Waals surface area contributed by atoms with Crippen molar-refractivity contribution in [2.45, 2.75) is 12.2 Å². The van der Waals surface area contributed by atoms with Crippen molar-refractivity contribution in [3.8, 4) is 22.6 Å². The predicted molar refractivity (Wildman–Crippen MR) is 65.1 cm³/mol. The molecule has 3 rings (SSSR count). The minimum Gasteiger partial charge on any atom is -0.507 e. The smallest absolute Gasteiger partial charge is 0.123 e. The molecule has 0 saturated carbocycles. The van der Waals surface area contributed by atoms with Crippen molar-refractivity contribution >= 4 is 0 Å². The van der Waals surface area contributed by atoms with E-state index < -0.39 is 12.2 Å². The van der Waals surface area contributed by atoms with E-state index in [1.807, 2.05) is 0 Å². The van der Waals surface area contributed by atoms with E-state index in [2.05, 4.69) is 0 Å². The van der Waals surface area contributed by atoms with Crippen LogP contribution in [0.2, 0.25) is 0 Å². The summed E-state index contributed by atoms with van der Waals surface area (Å²) in [6, 6.07) is 9.40. The van der Waals surface area contributed by atoms with Gasteiger partial charge in [-0.1, -0.05) is 24.3 Å². The summed E-state index contributed by atoms with van der Waals surface area (Å²) in [4.78, 5) is 0. The number of aliphatic hydroxyl groups excluding tert-OH is 2. The van der Waals surface area contributed by atoms with Crippen LogP contribution in [0.15, 0.2) is 36.4 Å². The number of hydrogen-bond acceptors (Lipinski definition) is 4. The van der Waals surface area contributed by atoms with Crippen LogP contribution in [0, 0.1) is 0 Å². The molecular formula is C14H12O4. The Morgan fingerprint density at radius 1 is 0.667 bits per heavy atom. The number of aliphatic hydroxyl groups is 2. The van der Waals surface area contributed by atoms with Gasteiger partial charge in [0.1, 0.15) is 23.7 Å². The molecule has 0 radical (unpaired) electrons. The van der Waals surface area contributed by atoms with E-state index in [1.54, 1.807) is 24.3 Å². The Kier molecular flexibility index (Phi) is 2.29. The molecule has 2 aromatic rings. The zero-order valence-corrected chi connectivity index (χ0v) is 9.41. The van der Waals surface area contributed by atoms with Gasteiger partial charge < -0.3 is 20.4 Å². The molecule has 0 bridgehead atoms. The quantitative estimate of drug-likeness (QED) is 0.570. The Labute approximate surface area is 103 Å². The molecule has 0 spiro atoms. The van der Waals surface area contributed by atoms with Crippen LogP contribution >= 0.6 is 0 Å². The third kappa shape index (κ3) is 1.33. The largest absolute Gasteiger partial charge is 0.507 e. The fraction of sp³-hybridized carbons (Fsp3) is 0.143. The first-order chi connectivity index (χ1) is 8.61. The summed E-state index contributed by atoms with van der Waals surface area (Å²) in [6.07, 6.45) is -2.22. The van der Waals surface area contributed by atoms with E-state index in [9.17, 15) is 20.4 Å². The zero-order valence-electron chi connectivity index (χ0n) is 9.41. The van der Waals surface area contributed by atoms with Crippen molar-refractivity contribution in [2.24, 2.45) is 0 Å². The minimum atomic E-state index is -1.11. The van der Waals surface area contributed by atoms with Crippen molar-refractivity contribution in [3.63, 3.8) is 0 Å². The molecule has 4 N–H and O–H groups in total. The van der Waals surface area contributed by atoms with Crippen molar-refractivity contribution in [3.05, 3.63) is 47.5 Å². The first kappa shape index (κ1) is 11.1. The molecular weight excluding hydrogens is 232 g/mol. The van der Waals surface area contributed by atoms with Gasteiger partial charge in [-0.15, -0.1) is 0 Å². The molecule has 0 saturated heterocycles. The van der Waals surface area contributed by atoms with Crippen LogP contribution in [0.1, 0.15) is 23.3 Å². The number of phenolic OH excluding ortho intramolecular Hbond substituents is 2. The molecule has 0 aliphatic heterocycles. The summed E-state index contributed by atoms with van der Waals surface area (Å²) in [5, 5.41) is 40.0. The van der Waals surface area contributed by atoms with E-state index in [-0.39, 0.29) is 11.5 Å². The highest BCUT2D eigenvalue weighted by molar-refractivity contribution is 5.83. The standard InChI is InChI=1S/C14H12O4/c15-9-5-1-3-7-11(9)12-8(14(18)13(7)17)4-2-6-10(12)16/h1-6,13-18H. The topological polar surface area (TPSA) is 80.9 Å². The lowest BCUT2D eigenvalue weighted by Crippen LogP contribution is -2.17. The fourth-order valence-electron chi connectivity index (χ4n) is 2.49. The highest BCUT2D eigenvalue weighted by Gasteiger charge is 2.34. The van der Waals surface area contributed by atoms with Gasteiger partial charge in [0.15, 0.2) is 0 Å². The van der Waals surface area contributed by atoms with Crippen molar-refractivity contribution in [1.82, 2.24) is 0 Å². The fourth-order valence-corrected chi connectivity index (χ4v) is 2.49. The van der Waals surface area contributed by atoms with Crippen LogP contribution < -0.4 is 0 Å². The maximum absolute atomic E-state index is 10.0. The van der Waals surface area contributed by atoms with Crippen LogP contribution in [0.3, 0.4) is 0 Å². The van der Waals surface area contributed by atoms with Crippen LogP contribution in [0.4, 0.5) is 0 Å². The number of phenols is 2. The van der Waals surface area contributed by atoms with Crippen molar-refractivity contribution in [2.75, 3.05) is 0 Å². The molecule has 0 aromatic heterocycles. The summed E-state index contributed by atoms with van der Waals surface area (Å²) in [7, 11) is 0. The van der Waals surface area contributed by atoms with Crippen LogP contribution in [0.5, 0.6) is 11.5 Å². The lowest BCUT2D eigenvalue weighted by Gasteiger charge is -2.29. The predicted octanol–water partition coefficient (Wildman–Crippen LogP) is 1.85. The third-order valence-corrected chi connectivity index (χ3v) is 3.34. The molecule has 92 valence electrons. The number of fused-ring (bicyclic) bond motifs is 3. The Balaban J connectivity index is 2.42. The monoisotopic (exact) mass is 244 g/mol. The molecule has 4 nitrogen and oxygen atoms in total. The zero-order chi connectivity index (χ0) is 12.9.